The van der Waals surface area contributed by atoms with Gasteiger partial charge in [0, 0.05) is 22.8 Å². The van der Waals surface area contributed by atoms with Gasteiger partial charge in [-0.2, -0.15) is 22.6 Å². The fraction of sp³-hybridized carbons (Fsp3) is 0.538. The van der Waals surface area contributed by atoms with Crippen LogP contribution in [0.1, 0.15) is 35.6 Å². The van der Waals surface area contributed by atoms with E-state index in [4.69, 9.17) is 0 Å². The summed E-state index contributed by atoms with van der Waals surface area (Å²) in [5.74, 6) is -0.469. The molecule has 0 saturated carbocycles. The van der Waals surface area contributed by atoms with Gasteiger partial charge in [-0.05, 0) is 27.7 Å². The summed E-state index contributed by atoms with van der Waals surface area (Å²) >= 11 is 1.05. The first-order valence-electron chi connectivity index (χ1n) is 6.80. The highest BCUT2D eigenvalue weighted by Crippen LogP contribution is 2.27. The van der Waals surface area contributed by atoms with E-state index in [1.54, 1.807) is 20.8 Å². The molecule has 0 spiro atoms. The largest absolute Gasteiger partial charge is 0.408 e. The van der Waals surface area contributed by atoms with Crippen LogP contribution in [-0.2, 0) is 11.3 Å². The lowest BCUT2D eigenvalue weighted by atomic mass is 9.98. The number of carbonyl (C=O) groups excluding carboxylic acids is 1. The number of anilines is 1. The standard InChI is InChI=1S/C13H16F3N5OS/c1-6(11(22)18-12-17-9(4)20-23-12)10-7(2)19-21(8(10)3)5-13(14,15)16/h6H,5H2,1-4H3,(H,17,18,20,22). The Morgan fingerprint density at radius 1 is 1.35 bits per heavy atom. The van der Waals surface area contributed by atoms with Crippen molar-refractivity contribution in [2.45, 2.75) is 46.3 Å². The molecule has 1 atom stereocenters. The normalized spacial score (nSPS) is 13.2. The minimum absolute atomic E-state index is 0.330. The molecule has 0 radical (unpaired) electrons. The molecule has 23 heavy (non-hydrogen) atoms. The first-order valence-corrected chi connectivity index (χ1v) is 7.57. The molecular weight excluding hydrogens is 331 g/mol. The van der Waals surface area contributed by atoms with Crippen LogP contribution < -0.4 is 5.32 Å². The molecule has 1 unspecified atom stereocenters. The van der Waals surface area contributed by atoms with Gasteiger partial charge in [0.15, 0.2) is 0 Å². The van der Waals surface area contributed by atoms with E-state index in [0.29, 0.717) is 27.9 Å². The van der Waals surface area contributed by atoms with Crippen LogP contribution in [0.3, 0.4) is 0 Å². The van der Waals surface area contributed by atoms with Gasteiger partial charge in [-0.3, -0.25) is 9.48 Å². The Morgan fingerprint density at radius 3 is 2.52 bits per heavy atom. The molecule has 0 aliphatic heterocycles. The van der Waals surface area contributed by atoms with Crippen molar-refractivity contribution in [3.63, 3.8) is 0 Å². The molecule has 2 heterocycles. The fourth-order valence-electron chi connectivity index (χ4n) is 2.35. The van der Waals surface area contributed by atoms with E-state index in [2.05, 4.69) is 19.8 Å². The quantitative estimate of drug-likeness (QED) is 0.923. The Balaban J connectivity index is 2.21. The number of rotatable bonds is 4. The number of amides is 1. The summed E-state index contributed by atoms with van der Waals surface area (Å²) < 4.78 is 42.5. The maximum Gasteiger partial charge on any atom is 0.408 e. The van der Waals surface area contributed by atoms with Gasteiger partial charge in [-0.1, -0.05) is 0 Å². The molecule has 10 heteroatoms. The SMILES string of the molecule is Cc1nsc(NC(=O)C(C)c2c(C)nn(CC(F)(F)F)c2C)n1. The number of alkyl halides is 3. The maximum atomic E-state index is 12.6. The minimum Gasteiger partial charge on any atom is -0.300 e. The van der Waals surface area contributed by atoms with Gasteiger partial charge in [-0.25, -0.2) is 4.98 Å². The third-order valence-electron chi connectivity index (χ3n) is 3.35. The van der Waals surface area contributed by atoms with E-state index in [1.807, 2.05) is 0 Å². The van der Waals surface area contributed by atoms with Crippen LogP contribution in [0.25, 0.3) is 0 Å². The molecule has 126 valence electrons. The summed E-state index contributed by atoms with van der Waals surface area (Å²) in [6.45, 7) is 5.26. The van der Waals surface area contributed by atoms with Crippen molar-refractivity contribution in [1.82, 2.24) is 19.1 Å². The summed E-state index contributed by atoms with van der Waals surface area (Å²) in [4.78, 5) is 16.3. The molecule has 0 fully saturated rings. The van der Waals surface area contributed by atoms with Crippen LogP contribution in [-0.4, -0.2) is 31.2 Å². The monoisotopic (exact) mass is 347 g/mol. The molecule has 0 aliphatic carbocycles. The molecule has 1 amide bonds. The molecule has 6 nitrogen and oxygen atoms in total. The Morgan fingerprint density at radius 2 is 2.00 bits per heavy atom. The molecule has 2 aromatic heterocycles. The second-order valence-electron chi connectivity index (χ2n) is 5.22. The Kier molecular flexibility index (Phi) is 4.73. The van der Waals surface area contributed by atoms with Gasteiger partial charge in [0.05, 0.1) is 11.6 Å². The third-order valence-corrected chi connectivity index (χ3v) is 4.07. The van der Waals surface area contributed by atoms with Crippen molar-refractivity contribution < 1.29 is 18.0 Å². The van der Waals surface area contributed by atoms with Gasteiger partial charge < -0.3 is 5.32 Å². The van der Waals surface area contributed by atoms with Crippen molar-refractivity contribution >= 4 is 22.6 Å². The topological polar surface area (TPSA) is 72.7 Å². The summed E-state index contributed by atoms with van der Waals surface area (Å²) in [6.07, 6.45) is -4.37. The molecule has 1 N–H and O–H groups in total. The second-order valence-corrected chi connectivity index (χ2v) is 5.97. The zero-order chi connectivity index (χ0) is 17.4. The number of hydrogen-bond donors (Lipinski definition) is 1. The summed E-state index contributed by atoms with van der Waals surface area (Å²) in [6, 6.07) is 0. The van der Waals surface area contributed by atoms with E-state index < -0.39 is 18.6 Å². The van der Waals surface area contributed by atoms with Gasteiger partial charge in [0.1, 0.15) is 12.4 Å². The first kappa shape index (κ1) is 17.4. The van der Waals surface area contributed by atoms with Crippen LogP contribution in [0.2, 0.25) is 0 Å². The molecule has 0 bridgehead atoms. The molecule has 0 saturated heterocycles. The number of nitrogens with one attached hydrogen (secondary N) is 1. The number of nitrogens with zero attached hydrogens (tertiary/aromatic N) is 4. The highest BCUT2D eigenvalue weighted by atomic mass is 32.1. The summed E-state index contributed by atoms with van der Waals surface area (Å²) in [5, 5.41) is 6.88. The van der Waals surface area contributed by atoms with E-state index in [-0.39, 0.29) is 5.91 Å². The second kappa shape index (κ2) is 6.26. The zero-order valence-corrected chi connectivity index (χ0v) is 13.8. The molecular formula is C13H16F3N5OS. The van der Waals surface area contributed by atoms with Crippen molar-refractivity contribution in [2.24, 2.45) is 0 Å². The van der Waals surface area contributed by atoms with Crippen molar-refractivity contribution in [3.8, 4) is 0 Å². The molecule has 2 aromatic rings. The van der Waals surface area contributed by atoms with E-state index in [0.717, 1.165) is 16.2 Å². The van der Waals surface area contributed by atoms with Crippen LogP contribution in [0.15, 0.2) is 0 Å². The van der Waals surface area contributed by atoms with E-state index in [9.17, 15) is 18.0 Å². The predicted molar refractivity (Wildman–Crippen MR) is 79.4 cm³/mol. The smallest absolute Gasteiger partial charge is 0.300 e. The Labute approximate surface area is 134 Å². The molecule has 0 aliphatic rings. The lowest BCUT2D eigenvalue weighted by Gasteiger charge is -2.12. The van der Waals surface area contributed by atoms with Gasteiger partial charge >= 0.3 is 6.18 Å². The fourth-order valence-corrected chi connectivity index (χ4v) is 2.93. The minimum atomic E-state index is -4.37. The van der Waals surface area contributed by atoms with Gasteiger partial charge in [0.2, 0.25) is 11.0 Å². The van der Waals surface area contributed by atoms with E-state index >= 15 is 0 Å². The number of carbonyl (C=O) groups is 1. The predicted octanol–water partition coefficient (Wildman–Crippen LogP) is 2.96. The van der Waals surface area contributed by atoms with Crippen LogP contribution in [0.5, 0.6) is 0 Å². The lowest BCUT2D eigenvalue weighted by Crippen LogP contribution is -2.21. The average Bonchev–Trinajstić information content (AvgIpc) is 2.92. The van der Waals surface area contributed by atoms with Crippen LogP contribution in [0, 0.1) is 20.8 Å². The van der Waals surface area contributed by atoms with Crippen molar-refractivity contribution in [3.05, 3.63) is 22.8 Å². The zero-order valence-electron chi connectivity index (χ0n) is 13.0. The van der Waals surface area contributed by atoms with Crippen LogP contribution in [0.4, 0.5) is 18.3 Å². The molecule has 2 rings (SSSR count). The van der Waals surface area contributed by atoms with Gasteiger partial charge in [-0.15, -0.1) is 0 Å². The summed E-state index contributed by atoms with van der Waals surface area (Å²) in [5.41, 5.74) is 1.23. The van der Waals surface area contributed by atoms with Crippen LogP contribution >= 0.6 is 11.5 Å². The Hall–Kier alpha value is -1.97. The highest BCUT2D eigenvalue weighted by Gasteiger charge is 2.31. The third kappa shape index (κ3) is 4.06. The molecule has 0 aromatic carbocycles. The first-order chi connectivity index (χ1) is 10.6. The van der Waals surface area contributed by atoms with Gasteiger partial charge in [0.25, 0.3) is 0 Å². The Bertz CT molecular complexity index is 722. The summed E-state index contributed by atoms with van der Waals surface area (Å²) in [7, 11) is 0. The maximum absolute atomic E-state index is 12.6. The van der Waals surface area contributed by atoms with E-state index in [1.165, 1.54) is 6.92 Å². The number of halogens is 3. The van der Waals surface area contributed by atoms with Crippen molar-refractivity contribution in [1.29, 1.82) is 0 Å². The highest BCUT2D eigenvalue weighted by molar-refractivity contribution is 7.09. The van der Waals surface area contributed by atoms with Crippen molar-refractivity contribution in [2.75, 3.05) is 5.32 Å². The number of aryl methyl sites for hydroxylation is 2. The number of hydrogen-bond acceptors (Lipinski definition) is 5. The lowest BCUT2D eigenvalue weighted by molar-refractivity contribution is -0.142. The number of aromatic nitrogens is 4. The average molecular weight is 347 g/mol.